The van der Waals surface area contributed by atoms with Gasteiger partial charge in [-0.05, 0) is 19.1 Å². The summed E-state index contributed by atoms with van der Waals surface area (Å²) in [6, 6.07) is 5.96. The van der Waals surface area contributed by atoms with Gasteiger partial charge in [0.15, 0.2) is 0 Å². The van der Waals surface area contributed by atoms with Gasteiger partial charge in [-0.2, -0.15) is 0 Å². The summed E-state index contributed by atoms with van der Waals surface area (Å²) in [4.78, 5) is 37.2. The molecule has 0 spiro atoms. The highest BCUT2D eigenvalue weighted by Crippen LogP contribution is 2.12. The van der Waals surface area contributed by atoms with Crippen LogP contribution in [0.1, 0.15) is 6.92 Å². The molecule has 3 rings (SSSR count). The smallest absolute Gasteiger partial charge is 0.236 e. The summed E-state index contributed by atoms with van der Waals surface area (Å²) in [5, 5.41) is 2.82. The Hall–Kier alpha value is -2.19. The first-order valence-electron chi connectivity index (χ1n) is 9.81. The maximum absolute atomic E-state index is 12.6. The molecule has 8 heteroatoms. The van der Waals surface area contributed by atoms with E-state index in [-0.39, 0.29) is 11.8 Å². The maximum atomic E-state index is 12.6. The minimum atomic E-state index is 0.0584. The molecule has 2 amide bonds. The number of aromatic nitrogens is 1. The van der Waals surface area contributed by atoms with Crippen LogP contribution in [-0.2, 0) is 9.59 Å². The van der Waals surface area contributed by atoms with E-state index in [1.807, 2.05) is 36.2 Å². The molecule has 3 heterocycles. The second-order valence-electron chi connectivity index (χ2n) is 7.06. The normalized spacial score (nSPS) is 19.1. The molecule has 2 saturated heterocycles. The molecule has 0 aliphatic carbocycles. The second-order valence-corrected chi connectivity index (χ2v) is 7.06. The molecule has 148 valence electrons. The Kier molecular flexibility index (Phi) is 7.00. The van der Waals surface area contributed by atoms with E-state index in [1.165, 1.54) is 0 Å². The Labute approximate surface area is 161 Å². The summed E-state index contributed by atoms with van der Waals surface area (Å²) in [6.07, 6.45) is 1.82. The van der Waals surface area contributed by atoms with Crippen LogP contribution in [0.25, 0.3) is 0 Å². The first-order valence-corrected chi connectivity index (χ1v) is 9.81. The number of hydrogen-bond acceptors (Lipinski definition) is 6. The third-order valence-electron chi connectivity index (χ3n) is 5.17. The predicted octanol–water partition coefficient (Wildman–Crippen LogP) is -0.516. The molecule has 1 N–H and O–H groups in total. The molecule has 2 fully saturated rings. The molecule has 0 atom stereocenters. The fourth-order valence-electron chi connectivity index (χ4n) is 3.58. The van der Waals surface area contributed by atoms with Gasteiger partial charge in [-0.25, -0.2) is 4.98 Å². The molecular formula is C19H30N6O2. The summed E-state index contributed by atoms with van der Waals surface area (Å²) in [6.45, 7) is 9.94. The molecular weight excluding hydrogens is 344 g/mol. The molecule has 8 nitrogen and oxygen atoms in total. The highest BCUT2D eigenvalue weighted by molar-refractivity contribution is 5.79. The van der Waals surface area contributed by atoms with Gasteiger partial charge in [-0.1, -0.05) is 6.07 Å². The van der Waals surface area contributed by atoms with Crippen molar-refractivity contribution in [2.45, 2.75) is 6.92 Å². The number of carbonyl (C=O) groups is 2. The Morgan fingerprint density at radius 3 is 2.26 bits per heavy atom. The largest absolute Gasteiger partial charge is 0.355 e. The maximum Gasteiger partial charge on any atom is 0.236 e. The number of pyridine rings is 1. The lowest BCUT2D eigenvalue weighted by Gasteiger charge is -2.38. The molecule has 0 saturated carbocycles. The van der Waals surface area contributed by atoms with Gasteiger partial charge in [0.2, 0.25) is 11.8 Å². The SMILES string of the molecule is CCNC(=O)CN1CCN(C(=O)CN2CCN(c3ccccn3)CC2)CC1. The number of nitrogens with one attached hydrogen (secondary N) is 1. The van der Waals surface area contributed by atoms with Gasteiger partial charge in [0.25, 0.3) is 0 Å². The van der Waals surface area contributed by atoms with Crippen LogP contribution in [0.15, 0.2) is 24.4 Å². The molecule has 0 radical (unpaired) electrons. The molecule has 1 aromatic rings. The Balaban J connectivity index is 1.37. The van der Waals surface area contributed by atoms with Crippen molar-refractivity contribution in [1.29, 1.82) is 0 Å². The van der Waals surface area contributed by atoms with Crippen LogP contribution in [0, 0.1) is 0 Å². The number of amides is 2. The van der Waals surface area contributed by atoms with Crippen LogP contribution >= 0.6 is 0 Å². The van der Waals surface area contributed by atoms with E-state index < -0.39 is 0 Å². The van der Waals surface area contributed by atoms with E-state index in [0.29, 0.717) is 32.7 Å². The molecule has 27 heavy (non-hydrogen) atoms. The average molecular weight is 374 g/mol. The van der Waals surface area contributed by atoms with Crippen LogP contribution in [0.5, 0.6) is 0 Å². The molecule has 2 aliphatic rings. The number of carbonyl (C=O) groups excluding carboxylic acids is 2. The minimum absolute atomic E-state index is 0.0584. The third kappa shape index (κ3) is 5.64. The first-order chi connectivity index (χ1) is 13.2. The van der Waals surface area contributed by atoms with Gasteiger partial charge in [0, 0.05) is 65.1 Å². The number of likely N-dealkylation sites (N-methyl/N-ethyl adjacent to an activating group) is 1. The van der Waals surface area contributed by atoms with Gasteiger partial charge >= 0.3 is 0 Å². The highest BCUT2D eigenvalue weighted by Gasteiger charge is 2.25. The Morgan fingerprint density at radius 1 is 0.963 bits per heavy atom. The lowest BCUT2D eigenvalue weighted by Crippen LogP contribution is -2.54. The van der Waals surface area contributed by atoms with Crippen LogP contribution in [0.4, 0.5) is 5.82 Å². The number of nitrogens with zero attached hydrogens (tertiary/aromatic N) is 5. The molecule has 0 unspecified atom stereocenters. The topological polar surface area (TPSA) is 72.0 Å². The summed E-state index contributed by atoms with van der Waals surface area (Å²) < 4.78 is 0. The van der Waals surface area contributed by atoms with Crippen LogP contribution in [-0.4, -0.2) is 103 Å². The van der Waals surface area contributed by atoms with Crippen LogP contribution in [0.3, 0.4) is 0 Å². The van der Waals surface area contributed by atoms with Gasteiger partial charge in [-0.3, -0.25) is 19.4 Å². The van der Waals surface area contributed by atoms with E-state index in [4.69, 9.17) is 0 Å². The quantitative estimate of drug-likeness (QED) is 0.723. The predicted molar refractivity (Wildman–Crippen MR) is 105 cm³/mol. The van der Waals surface area contributed by atoms with E-state index in [9.17, 15) is 9.59 Å². The summed E-state index contributed by atoms with van der Waals surface area (Å²) in [7, 11) is 0. The molecule has 2 aliphatic heterocycles. The fourth-order valence-corrected chi connectivity index (χ4v) is 3.58. The number of rotatable bonds is 6. The average Bonchev–Trinajstić information content (AvgIpc) is 2.70. The summed E-state index contributed by atoms with van der Waals surface area (Å²) >= 11 is 0. The van der Waals surface area contributed by atoms with Gasteiger partial charge < -0.3 is 15.1 Å². The van der Waals surface area contributed by atoms with Crippen molar-refractivity contribution in [3.05, 3.63) is 24.4 Å². The Morgan fingerprint density at radius 2 is 1.63 bits per heavy atom. The van der Waals surface area contributed by atoms with Crippen molar-refractivity contribution in [2.24, 2.45) is 0 Å². The lowest BCUT2D eigenvalue weighted by atomic mass is 10.2. The zero-order valence-corrected chi connectivity index (χ0v) is 16.1. The van der Waals surface area contributed by atoms with E-state index >= 15 is 0 Å². The molecule has 0 bridgehead atoms. The van der Waals surface area contributed by atoms with Crippen LogP contribution < -0.4 is 10.2 Å². The summed E-state index contributed by atoms with van der Waals surface area (Å²) in [5.41, 5.74) is 0. The van der Waals surface area contributed by atoms with Gasteiger partial charge in [0.1, 0.15) is 5.82 Å². The van der Waals surface area contributed by atoms with Gasteiger partial charge in [-0.15, -0.1) is 0 Å². The summed E-state index contributed by atoms with van der Waals surface area (Å²) in [5.74, 6) is 1.26. The second kappa shape index (κ2) is 9.66. The third-order valence-corrected chi connectivity index (χ3v) is 5.17. The van der Waals surface area contributed by atoms with Crippen molar-refractivity contribution in [1.82, 2.24) is 25.0 Å². The van der Waals surface area contributed by atoms with Crippen LogP contribution in [0.2, 0.25) is 0 Å². The van der Waals surface area contributed by atoms with Crippen molar-refractivity contribution in [2.75, 3.05) is 76.9 Å². The molecule has 1 aromatic heterocycles. The van der Waals surface area contributed by atoms with Crippen molar-refractivity contribution in [3.8, 4) is 0 Å². The number of hydrogen-bond donors (Lipinski definition) is 1. The van der Waals surface area contributed by atoms with Gasteiger partial charge in [0.05, 0.1) is 13.1 Å². The highest BCUT2D eigenvalue weighted by atomic mass is 16.2. The minimum Gasteiger partial charge on any atom is -0.355 e. The van der Waals surface area contributed by atoms with E-state index in [1.54, 1.807) is 0 Å². The van der Waals surface area contributed by atoms with Crippen molar-refractivity contribution >= 4 is 17.6 Å². The number of anilines is 1. The zero-order valence-electron chi connectivity index (χ0n) is 16.1. The van der Waals surface area contributed by atoms with E-state index in [2.05, 4.69) is 25.0 Å². The number of piperazine rings is 2. The zero-order chi connectivity index (χ0) is 19.1. The van der Waals surface area contributed by atoms with E-state index in [0.717, 1.165) is 45.1 Å². The monoisotopic (exact) mass is 374 g/mol. The fraction of sp³-hybridized carbons (Fsp3) is 0.632. The molecule has 0 aromatic carbocycles. The standard InChI is InChI=1S/C19H30N6O2/c1-2-20-18(26)15-22-9-13-25(14-10-22)19(27)16-23-7-11-24(12-8-23)17-5-3-4-6-21-17/h3-6H,2,7-16H2,1H3,(H,20,26). The Bertz CT molecular complexity index is 610. The van der Waals surface area contributed by atoms with Crippen molar-refractivity contribution < 1.29 is 9.59 Å². The lowest BCUT2D eigenvalue weighted by molar-refractivity contribution is -0.134. The first kappa shape index (κ1) is 19.6. The van der Waals surface area contributed by atoms with Crippen molar-refractivity contribution in [3.63, 3.8) is 0 Å².